The second-order valence-corrected chi connectivity index (χ2v) is 3.02. The van der Waals surface area contributed by atoms with Crippen LogP contribution in [0, 0.1) is 0 Å². The first-order valence-corrected chi connectivity index (χ1v) is 5.00. The molecule has 0 aliphatic carbocycles. The number of quaternary nitrogens is 1. The van der Waals surface area contributed by atoms with Crippen molar-refractivity contribution in [3.63, 3.8) is 0 Å². The molecule has 0 saturated heterocycles. The molecule has 2 N–H and O–H groups in total. The molecule has 0 heterocycles. The molecule has 0 spiro atoms. The van der Waals surface area contributed by atoms with Crippen LogP contribution in [-0.4, -0.2) is 48.0 Å². The molecule has 86 valence electrons. The summed E-state index contributed by atoms with van der Waals surface area (Å²) in [7, 11) is -2.28. The zero-order valence-electron chi connectivity index (χ0n) is 9.53. The Balaban J connectivity index is 0. The van der Waals surface area contributed by atoms with Crippen LogP contribution < -0.4 is 0 Å². The summed E-state index contributed by atoms with van der Waals surface area (Å²) in [5.41, 5.74) is 0. The van der Waals surface area contributed by atoms with E-state index in [0.29, 0.717) is 0 Å². The van der Waals surface area contributed by atoms with E-state index in [2.05, 4.69) is 32.6 Å². The highest BCUT2D eigenvalue weighted by atomic mass is 19.3. The maximum atomic E-state index is 10.1. The number of hydrogen-bond acceptors (Lipinski definition) is 3. The second-order valence-electron chi connectivity index (χ2n) is 3.02. The van der Waals surface area contributed by atoms with Crippen molar-refractivity contribution in [3.05, 3.63) is 0 Å². The van der Waals surface area contributed by atoms with Gasteiger partial charge in [0.15, 0.2) is 0 Å². The van der Waals surface area contributed by atoms with Gasteiger partial charge in [-0.25, -0.2) is 0 Å². The molecule has 0 aromatic heterocycles. The number of nitrogens with zero attached hydrogens (tertiary/aromatic N) is 1. The third kappa shape index (κ3) is 7.26. The molecule has 0 amide bonds. The van der Waals surface area contributed by atoms with Crippen LogP contribution in [0.2, 0.25) is 0 Å². The highest BCUT2D eigenvalue weighted by Gasteiger charge is 2.16. The molecule has 4 nitrogen and oxygen atoms in total. The van der Waals surface area contributed by atoms with E-state index < -0.39 is 7.32 Å². The van der Waals surface area contributed by atoms with Crippen molar-refractivity contribution in [2.24, 2.45) is 0 Å². The molecule has 14 heavy (non-hydrogen) atoms. The topological polar surface area (TPSA) is 49.7 Å². The highest BCUT2D eigenvalue weighted by Crippen LogP contribution is 2.03. The minimum atomic E-state index is -2.28. The predicted molar refractivity (Wildman–Crippen MR) is 54.8 cm³/mol. The molecule has 0 atom stereocenters. The van der Waals surface area contributed by atoms with Crippen LogP contribution in [0.4, 0.5) is 4.53 Å². The molecule has 0 aliphatic heterocycles. The van der Waals surface area contributed by atoms with E-state index >= 15 is 0 Å². The van der Waals surface area contributed by atoms with Crippen LogP contribution >= 0.6 is 0 Å². The van der Waals surface area contributed by atoms with E-state index in [1.165, 1.54) is 30.7 Å². The lowest BCUT2D eigenvalue weighted by atomic mass is 10.3. The largest absolute Gasteiger partial charge is 0.667 e. The SMILES string of the molecule is CC[N+](CC)(CC)CC.OB(O)OF. The Morgan fingerprint density at radius 1 is 1.00 bits per heavy atom. The van der Waals surface area contributed by atoms with Crippen molar-refractivity contribution in [1.82, 2.24) is 0 Å². The van der Waals surface area contributed by atoms with Gasteiger partial charge in [0, 0.05) is 0 Å². The number of halogens is 1. The zero-order chi connectivity index (χ0) is 11.6. The van der Waals surface area contributed by atoms with Crippen LogP contribution in [0.5, 0.6) is 0 Å². The Morgan fingerprint density at radius 3 is 1.21 bits per heavy atom. The van der Waals surface area contributed by atoms with Gasteiger partial charge in [-0.05, 0) is 27.7 Å². The molecule has 0 aliphatic rings. The summed E-state index contributed by atoms with van der Waals surface area (Å²) in [6.45, 7) is 14.2. The second kappa shape index (κ2) is 9.39. The predicted octanol–water partition coefficient (Wildman–Crippen LogP) is 0.740. The number of hydrogen-bond donors (Lipinski definition) is 2. The first-order chi connectivity index (χ1) is 6.51. The van der Waals surface area contributed by atoms with Gasteiger partial charge in [-0.15, -0.1) is 0 Å². The Bertz CT molecular complexity index is 106. The summed E-state index contributed by atoms with van der Waals surface area (Å²) in [6, 6.07) is 0. The van der Waals surface area contributed by atoms with Crippen molar-refractivity contribution in [2.75, 3.05) is 26.2 Å². The average molecular weight is 210 g/mol. The van der Waals surface area contributed by atoms with Gasteiger partial charge >= 0.3 is 7.32 Å². The molecule has 0 unspecified atom stereocenters. The maximum absolute atomic E-state index is 10.1. The van der Waals surface area contributed by atoms with Crippen LogP contribution in [-0.2, 0) is 4.86 Å². The fourth-order valence-corrected chi connectivity index (χ4v) is 1.34. The van der Waals surface area contributed by atoms with Crippen molar-refractivity contribution < 1.29 is 23.9 Å². The Kier molecular flexibility index (Phi) is 10.9. The van der Waals surface area contributed by atoms with Crippen LogP contribution in [0.3, 0.4) is 0 Å². The fourth-order valence-electron chi connectivity index (χ4n) is 1.34. The lowest BCUT2D eigenvalue weighted by Gasteiger charge is -2.34. The number of rotatable bonds is 5. The summed E-state index contributed by atoms with van der Waals surface area (Å²) in [4.78, 5) is 2.36. The first kappa shape index (κ1) is 16.3. The normalized spacial score (nSPS) is 10.5. The van der Waals surface area contributed by atoms with Crippen LogP contribution in [0.15, 0.2) is 0 Å². The summed E-state index contributed by atoms with van der Waals surface area (Å²) < 4.78 is 11.4. The lowest BCUT2D eigenvalue weighted by Crippen LogP contribution is -2.47. The van der Waals surface area contributed by atoms with Crippen molar-refractivity contribution in [2.45, 2.75) is 27.7 Å². The quantitative estimate of drug-likeness (QED) is 0.519. The van der Waals surface area contributed by atoms with E-state index in [0.717, 1.165) is 0 Å². The Morgan fingerprint density at radius 2 is 1.21 bits per heavy atom. The Labute approximate surface area is 86.0 Å². The molecule has 0 bridgehead atoms. The van der Waals surface area contributed by atoms with Gasteiger partial charge in [0.05, 0.1) is 26.2 Å². The maximum Gasteiger partial charge on any atom is 0.667 e. The van der Waals surface area contributed by atoms with Gasteiger partial charge in [0.2, 0.25) is 0 Å². The van der Waals surface area contributed by atoms with Gasteiger partial charge in [-0.1, -0.05) is 4.53 Å². The third-order valence-electron chi connectivity index (χ3n) is 2.76. The average Bonchev–Trinajstić information content (AvgIpc) is 2.23. The molecule has 0 aromatic rings. The van der Waals surface area contributed by atoms with E-state index in [4.69, 9.17) is 10.0 Å². The van der Waals surface area contributed by atoms with Gasteiger partial charge < -0.3 is 14.5 Å². The minimum absolute atomic E-state index is 1.28. The zero-order valence-corrected chi connectivity index (χ0v) is 9.53. The monoisotopic (exact) mass is 210 g/mol. The summed E-state index contributed by atoms with van der Waals surface area (Å²) in [5.74, 6) is 0. The minimum Gasteiger partial charge on any atom is -0.400 e. The smallest absolute Gasteiger partial charge is 0.400 e. The molecular formula is C8H22BFNO3+. The van der Waals surface area contributed by atoms with E-state index in [-0.39, 0.29) is 0 Å². The standard InChI is InChI=1S/C8H20N.BFH2O3/c1-5-9(6-2,7-3)8-4;2-5-1(3)4/h5-8H2,1-4H3;3-4H/q+1;. The van der Waals surface area contributed by atoms with Crippen LogP contribution in [0.25, 0.3) is 0 Å². The first-order valence-electron chi connectivity index (χ1n) is 5.00. The molecule has 6 heteroatoms. The highest BCUT2D eigenvalue weighted by molar-refractivity contribution is 6.32. The van der Waals surface area contributed by atoms with Gasteiger partial charge in [-0.3, -0.25) is 0 Å². The third-order valence-corrected chi connectivity index (χ3v) is 2.76. The van der Waals surface area contributed by atoms with Crippen molar-refractivity contribution >= 4 is 7.32 Å². The molecule has 0 saturated carbocycles. The molecule has 0 aromatic carbocycles. The molecule has 0 radical (unpaired) electrons. The van der Waals surface area contributed by atoms with Gasteiger partial charge in [0.1, 0.15) is 0 Å². The van der Waals surface area contributed by atoms with Gasteiger partial charge in [0.25, 0.3) is 0 Å². The molecular weight excluding hydrogens is 188 g/mol. The van der Waals surface area contributed by atoms with E-state index in [1.54, 1.807) is 0 Å². The summed E-state index contributed by atoms with van der Waals surface area (Å²) in [5, 5.41) is 14.6. The summed E-state index contributed by atoms with van der Waals surface area (Å²) >= 11 is 0. The van der Waals surface area contributed by atoms with Crippen molar-refractivity contribution in [3.8, 4) is 0 Å². The van der Waals surface area contributed by atoms with Crippen LogP contribution in [0.1, 0.15) is 27.7 Å². The Hall–Kier alpha value is -0.165. The van der Waals surface area contributed by atoms with E-state index in [9.17, 15) is 4.53 Å². The molecule has 0 fully saturated rings. The van der Waals surface area contributed by atoms with Crippen molar-refractivity contribution in [1.29, 1.82) is 0 Å². The van der Waals surface area contributed by atoms with Gasteiger partial charge in [-0.2, -0.15) is 4.86 Å². The fraction of sp³-hybridized carbons (Fsp3) is 1.00. The molecule has 0 rings (SSSR count). The van der Waals surface area contributed by atoms with E-state index in [1.807, 2.05) is 0 Å². The lowest BCUT2D eigenvalue weighted by molar-refractivity contribution is -0.921. The summed E-state index contributed by atoms with van der Waals surface area (Å²) in [6.07, 6.45) is 0.